The fourth-order valence-electron chi connectivity index (χ4n) is 3.19. The molecule has 0 atom stereocenters. The van der Waals surface area contributed by atoms with Crippen LogP contribution in [-0.2, 0) is 17.9 Å². The van der Waals surface area contributed by atoms with Crippen LogP contribution in [0.25, 0.3) is 22.3 Å². The number of carbonyl (C=O) groups is 1. The summed E-state index contributed by atoms with van der Waals surface area (Å²) in [5.74, 6) is 1.50. The van der Waals surface area contributed by atoms with Crippen molar-refractivity contribution in [2.24, 2.45) is 0 Å². The third-order valence-corrected chi connectivity index (χ3v) is 4.80. The molecule has 2 aromatic carbocycles. The number of hydrogen-bond donors (Lipinski definition) is 3. The molecule has 158 valence electrons. The van der Waals surface area contributed by atoms with Gasteiger partial charge < -0.3 is 10.1 Å². The Bertz CT molecular complexity index is 1340. The summed E-state index contributed by atoms with van der Waals surface area (Å²) in [6.07, 6.45) is 0.0649. The first-order valence-electron chi connectivity index (χ1n) is 9.59. The van der Waals surface area contributed by atoms with Crippen LogP contribution in [0.5, 0.6) is 5.75 Å². The summed E-state index contributed by atoms with van der Waals surface area (Å²) < 4.78 is 6.51. The Morgan fingerprint density at radius 2 is 1.90 bits per heavy atom. The van der Waals surface area contributed by atoms with Gasteiger partial charge in [0.1, 0.15) is 11.6 Å². The molecule has 0 saturated heterocycles. The number of fused-ring (bicyclic) bond motifs is 1. The molecule has 0 unspecified atom stereocenters. The number of H-pyrrole nitrogens is 2. The van der Waals surface area contributed by atoms with Crippen LogP contribution < -0.4 is 21.3 Å². The number of aromatic amines is 2. The van der Waals surface area contributed by atoms with Crippen molar-refractivity contribution in [2.45, 2.75) is 19.5 Å². The number of hydrogen-bond acceptors (Lipinski definition) is 6. The monoisotopic (exact) mass is 420 g/mol. The van der Waals surface area contributed by atoms with Gasteiger partial charge in [0, 0.05) is 18.5 Å². The fraction of sp³-hybridized carbons (Fsp3) is 0.190. The highest BCUT2D eigenvalue weighted by Crippen LogP contribution is 2.18. The molecule has 0 aliphatic carbocycles. The molecule has 2 heterocycles. The van der Waals surface area contributed by atoms with Crippen molar-refractivity contribution in [3.8, 4) is 17.1 Å². The molecule has 2 aromatic heterocycles. The van der Waals surface area contributed by atoms with Crippen LogP contribution in [0.1, 0.15) is 12.2 Å². The van der Waals surface area contributed by atoms with E-state index in [1.165, 1.54) is 4.57 Å². The molecule has 10 nitrogen and oxygen atoms in total. The van der Waals surface area contributed by atoms with E-state index in [0.29, 0.717) is 22.6 Å². The van der Waals surface area contributed by atoms with E-state index in [0.717, 1.165) is 11.3 Å². The summed E-state index contributed by atoms with van der Waals surface area (Å²) in [6.45, 7) is 0.304. The van der Waals surface area contributed by atoms with E-state index >= 15 is 0 Å². The van der Waals surface area contributed by atoms with Crippen molar-refractivity contribution < 1.29 is 9.53 Å². The number of para-hydroxylation sites is 1. The van der Waals surface area contributed by atoms with Crippen LogP contribution in [0.15, 0.2) is 58.1 Å². The lowest BCUT2D eigenvalue weighted by Gasteiger charge is -2.09. The first kappa shape index (κ1) is 20.1. The lowest BCUT2D eigenvalue weighted by atomic mass is 10.2. The van der Waals surface area contributed by atoms with E-state index in [4.69, 9.17) is 4.74 Å². The van der Waals surface area contributed by atoms with Gasteiger partial charge in [-0.25, -0.2) is 9.78 Å². The topological polar surface area (TPSA) is 135 Å². The minimum atomic E-state index is -0.545. The highest BCUT2D eigenvalue weighted by molar-refractivity contribution is 5.78. The zero-order valence-corrected chi connectivity index (χ0v) is 16.7. The van der Waals surface area contributed by atoms with Crippen molar-refractivity contribution in [3.63, 3.8) is 0 Å². The molecule has 0 bridgehead atoms. The third kappa shape index (κ3) is 4.37. The second-order valence-corrected chi connectivity index (χ2v) is 6.79. The summed E-state index contributed by atoms with van der Waals surface area (Å²) in [5, 5.41) is 10.1. The number of carbonyl (C=O) groups excluding carboxylic acids is 1. The molecule has 1 amide bonds. The molecule has 10 heteroatoms. The maximum atomic E-state index is 12.3. The predicted octanol–water partition coefficient (Wildman–Crippen LogP) is 1.19. The van der Waals surface area contributed by atoms with Gasteiger partial charge in [-0.15, -0.1) is 0 Å². The first-order valence-corrected chi connectivity index (χ1v) is 9.59. The molecule has 31 heavy (non-hydrogen) atoms. The fourth-order valence-corrected chi connectivity index (χ4v) is 3.19. The summed E-state index contributed by atoms with van der Waals surface area (Å²) in [7, 11) is 1.60. The molecule has 0 radical (unpaired) electrons. The Balaban J connectivity index is 1.37. The van der Waals surface area contributed by atoms with Gasteiger partial charge in [0.25, 0.3) is 5.56 Å². The smallest absolute Gasteiger partial charge is 0.328 e. The lowest BCUT2D eigenvalue weighted by molar-refractivity contribution is -0.121. The molecule has 0 fully saturated rings. The SMILES string of the molecule is COc1ccc(-c2n[nH]c(CNC(=O)CCn3c(=O)[nH]c(=O)c4ccccc43)n2)cc1. The van der Waals surface area contributed by atoms with Crippen molar-refractivity contribution in [3.05, 3.63) is 75.2 Å². The molecule has 3 N–H and O–H groups in total. The molecule has 0 aliphatic rings. The summed E-state index contributed by atoms with van der Waals surface area (Å²) in [5.41, 5.74) is 0.317. The normalized spacial score (nSPS) is 10.9. The van der Waals surface area contributed by atoms with Crippen LogP contribution in [0.4, 0.5) is 0 Å². The highest BCUT2D eigenvalue weighted by Gasteiger charge is 2.11. The number of nitrogens with one attached hydrogen (secondary N) is 3. The van der Waals surface area contributed by atoms with E-state index in [2.05, 4.69) is 25.5 Å². The number of methoxy groups -OCH3 is 1. The van der Waals surface area contributed by atoms with Crippen LogP contribution >= 0.6 is 0 Å². The van der Waals surface area contributed by atoms with E-state index < -0.39 is 11.2 Å². The number of benzene rings is 2. The standard InChI is InChI=1S/C21H20N6O4/c1-31-14-8-6-13(7-9-14)19-23-17(25-26-19)12-22-18(28)10-11-27-16-5-3-2-4-15(16)20(29)24-21(27)30/h2-9H,10-12H2,1H3,(H,22,28)(H,23,25,26)(H,24,29,30). The zero-order chi connectivity index (χ0) is 21.8. The van der Waals surface area contributed by atoms with E-state index in [9.17, 15) is 14.4 Å². The number of aromatic nitrogens is 5. The van der Waals surface area contributed by atoms with Crippen molar-refractivity contribution in [1.29, 1.82) is 0 Å². The second kappa shape index (κ2) is 8.66. The summed E-state index contributed by atoms with van der Waals surface area (Å²) in [6, 6.07) is 14.1. The average molecular weight is 420 g/mol. The minimum Gasteiger partial charge on any atom is -0.497 e. The van der Waals surface area contributed by atoms with Crippen molar-refractivity contribution >= 4 is 16.8 Å². The van der Waals surface area contributed by atoms with Crippen LogP contribution in [0.2, 0.25) is 0 Å². The van der Waals surface area contributed by atoms with Gasteiger partial charge in [0.2, 0.25) is 5.91 Å². The van der Waals surface area contributed by atoms with Gasteiger partial charge in [-0.05, 0) is 36.4 Å². The number of amides is 1. The van der Waals surface area contributed by atoms with Gasteiger partial charge in [-0.3, -0.25) is 24.2 Å². The van der Waals surface area contributed by atoms with Gasteiger partial charge >= 0.3 is 5.69 Å². The number of ether oxygens (including phenoxy) is 1. The van der Waals surface area contributed by atoms with Crippen LogP contribution in [0, 0.1) is 0 Å². The van der Waals surface area contributed by atoms with Gasteiger partial charge in [-0.1, -0.05) is 12.1 Å². The molecule has 4 aromatic rings. The quantitative estimate of drug-likeness (QED) is 0.411. The van der Waals surface area contributed by atoms with Crippen molar-refractivity contribution in [2.75, 3.05) is 7.11 Å². The molecule has 0 spiro atoms. The van der Waals surface area contributed by atoms with Crippen molar-refractivity contribution in [1.82, 2.24) is 30.0 Å². The number of nitrogens with zero attached hydrogens (tertiary/aromatic N) is 3. The first-order chi connectivity index (χ1) is 15.0. The van der Waals surface area contributed by atoms with E-state index in [1.807, 2.05) is 24.3 Å². The maximum Gasteiger partial charge on any atom is 0.328 e. The summed E-state index contributed by atoms with van der Waals surface area (Å²) in [4.78, 5) is 43.0. The number of aryl methyl sites for hydroxylation is 1. The minimum absolute atomic E-state index is 0.0649. The Kier molecular flexibility index (Phi) is 5.61. The predicted molar refractivity (Wildman–Crippen MR) is 114 cm³/mol. The van der Waals surface area contributed by atoms with Gasteiger partial charge in [-0.2, -0.15) is 5.10 Å². The average Bonchev–Trinajstić information content (AvgIpc) is 3.27. The van der Waals surface area contributed by atoms with E-state index in [-0.39, 0.29) is 25.4 Å². The molecular weight excluding hydrogens is 400 g/mol. The Morgan fingerprint density at radius 1 is 1.13 bits per heavy atom. The third-order valence-electron chi connectivity index (χ3n) is 4.80. The molecule has 4 rings (SSSR count). The molecular formula is C21H20N6O4. The van der Waals surface area contributed by atoms with Crippen LogP contribution in [-0.4, -0.2) is 37.7 Å². The zero-order valence-electron chi connectivity index (χ0n) is 16.7. The highest BCUT2D eigenvalue weighted by atomic mass is 16.5. The Morgan fingerprint density at radius 3 is 2.68 bits per heavy atom. The molecule has 0 saturated carbocycles. The summed E-state index contributed by atoms with van der Waals surface area (Å²) >= 11 is 0. The maximum absolute atomic E-state index is 12.3. The largest absolute Gasteiger partial charge is 0.497 e. The lowest BCUT2D eigenvalue weighted by Crippen LogP contribution is -2.32. The second-order valence-electron chi connectivity index (χ2n) is 6.79. The Labute approximate surface area is 175 Å². The van der Waals surface area contributed by atoms with Gasteiger partial charge in [0.15, 0.2) is 5.82 Å². The number of rotatable bonds is 7. The van der Waals surface area contributed by atoms with E-state index in [1.54, 1.807) is 31.4 Å². The Hall–Kier alpha value is -4.21. The van der Waals surface area contributed by atoms with Gasteiger partial charge in [0.05, 0.1) is 24.6 Å². The molecule has 0 aliphatic heterocycles. The van der Waals surface area contributed by atoms with Crippen LogP contribution in [0.3, 0.4) is 0 Å².